The molecule has 2 atom stereocenters. The second kappa shape index (κ2) is 5.38. The Bertz CT molecular complexity index is 420. The molecule has 1 heterocycles. The second-order valence-corrected chi connectivity index (χ2v) is 4.24. The Labute approximate surface area is 99.3 Å². The first-order valence-corrected chi connectivity index (χ1v) is 5.62. The van der Waals surface area contributed by atoms with E-state index in [0.717, 1.165) is 12.1 Å². The molecule has 17 heavy (non-hydrogen) atoms. The molecule has 1 fully saturated rings. The number of ether oxygens (including phenoxy) is 1. The number of hydrogen-bond donors (Lipinski definition) is 1. The standard InChI is InChI=1S/C13H15F2NO/c1-9-7-17-8-12(16-9)4-2-10-6-11(14)3-5-13(10)15/h2-6,9,12,16H,7-8H2,1H3/b4-2+. The largest absolute Gasteiger partial charge is 0.378 e. The van der Waals surface area contributed by atoms with Crippen LogP contribution in [0.25, 0.3) is 6.08 Å². The van der Waals surface area contributed by atoms with Gasteiger partial charge in [-0.25, -0.2) is 8.78 Å². The lowest BCUT2D eigenvalue weighted by Gasteiger charge is -2.26. The highest BCUT2D eigenvalue weighted by Gasteiger charge is 2.15. The van der Waals surface area contributed by atoms with Crippen LogP contribution in [0, 0.1) is 11.6 Å². The lowest BCUT2D eigenvalue weighted by atomic mass is 10.1. The molecule has 2 nitrogen and oxygen atoms in total. The summed E-state index contributed by atoms with van der Waals surface area (Å²) in [5, 5.41) is 3.29. The van der Waals surface area contributed by atoms with Crippen LogP contribution in [-0.2, 0) is 4.74 Å². The molecule has 1 aliphatic rings. The predicted octanol–water partition coefficient (Wildman–Crippen LogP) is 2.35. The molecule has 0 radical (unpaired) electrons. The van der Waals surface area contributed by atoms with Crippen molar-refractivity contribution in [1.29, 1.82) is 0 Å². The number of hydrogen-bond acceptors (Lipinski definition) is 2. The zero-order chi connectivity index (χ0) is 12.3. The van der Waals surface area contributed by atoms with Crippen molar-refractivity contribution in [2.45, 2.75) is 19.0 Å². The molecular formula is C13H15F2NO. The lowest BCUT2D eigenvalue weighted by Crippen LogP contribution is -2.46. The summed E-state index contributed by atoms with van der Waals surface area (Å²) < 4.78 is 31.6. The monoisotopic (exact) mass is 239 g/mol. The summed E-state index contributed by atoms with van der Waals surface area (Å²) >= 11 is 0. The van der Waals surface area contributed by atoms with Gasteiger partial charge in [0.05, 0.1) is 13.2 Å². The van der Waals surface area contributed by atoms with Gasteiger partial charge in [-0.1, -0.05) is 12.2 Å². The molecule has 0 aliphatic carbocycles. The molecule has 1 N–H and O–H groups in total. The number of nitrogens with one attached hydrogen (secondary N) is 1. The van der Waals surface area contributed by atoms with Gasteiger partial charge in [-0.05, 0) is 25.1 Å². The summed E-state index contributed by atoms with van der Waals surface area (Å²) in [6, 6.07) is 3.73. The second-order valence-electron chi connectivity index (χ2n) is 4.24. The average Bonchev–Trinajstić information content (AvgIpc) is 2.30. The van der Waals surface area contributed by atoms with Crippen molar-refractivity contribution in [2.24, 2.45) is 0 Å². The van der Waals surface area contributed by atoms with Crippen LogP contribution in [0.4, 0.5) is 8.78 Å². The van der Waals surface area contributed by atoms with Crippen LogP contribution in [0.3, 0.4) is 0 Å². The van der Waals surface area contributed by atoms with E-state index in [1.807, 2.05) is 6.92 Å². The molecule has 2 rings (SSSR count). The van der Waals surface area contributed by atoms with E-state index in [9.17, 15) is 8.78 Å². The van der Waals surface area contributed by atoms with Gasteiger partial charge in [-0.15, -0.1) is 0 Å². The Kier molecular flexibility index (Phi) is 3.86. The van der Waals surface area contributed by atoms with E-state index in [1.165, 1.54) is 6.07 Å². The molecule has 2 unspecified atom stereocenters. The lowest BCUT2D eigenvalue weighted by molar-refractivity contribution is 0.0637. The maximum atomic E-state index is 13.3. The Morgan fingerprint density at radius 2 is 2.18 bits per heavy atom. The Balaban J connectivity index is 2.06. The first kappa shape index (κ1) is 12.2. The van der Waals surface area contributed by atoms with E-state index in [1.54, 1.807) is 12.2 Å². The van der Waals surface area contributed by atoms with Gasteiger partial charge < -0.3 is 10.1 Å². The maximum Gasteiger partial charge on any atom is 0.130 e. The van der Waals surface area contributed by atoms with E-state index in [4.69, 9.17) is 4.74 Å². The summed E-state index contributed by atoms with van der Waals surface area (Å²) in [5.41, 5.74) is 0.255. The molecular weight excluding hydrogens is 224 g/mol. The van der Waals surface area contributed by atoms with Crippen LogP contribution < -0.4 is 5.32 Å². The van der Waals surface area contributed by atoms with Gasteiger partial charge in [-0.2, -0.15) is 0 Å². The molecule has 1 aliphatic heterocycles. The number of morpholine rings is 1. The van der Waals surface area contributed by atoms with Gasteiger partial charge in [0.15, 0.2) is 0 Å². The minimum atomic E-state index is -0.438. The smallest absolute Gasteiger partial charge is 0.130 e. The third-order valence-electron chi connectivity index (χ3n) is 2.63. The van der Waals surface area contributed by atoms with Crippen LogP contribution in [-0.4, -0.2) is 25.3 Å². The maximum absolute atomic E-state index is 13.3. The average molecular weight is 239 g/mol. The van der Waals surface area contributed by atoms with Crippen molar-refractivity contribution >= 4 is 6.08 Å². The third kappa shape index (κ3) is 3.35. The Morgan fingerprint density at radius 1 is 1.35 bits per heavy atom. The van der Waals surface area contributed by atoms with Gasteiger partial charge in [0, 0.05) is 17.6 Å². The summed E-state index contributed by atoms with van der Waals surface area (Å²) in [5.74, 6) is -0.861. The van der Waals surface area contributed by atoms with Crippen LogP contribution in [0.1, 0.15) is 12.5 Å². The van der Waals surface area contributed by atoms with Crippen LogP contribution in [0.5, 0.6) is 0 Å². The fourth-order valence-electron chi connectivity index (χ4n) is 1.81. The highest BCUT2D eigenvalue weighted by Crippen LogP contribution is 2.12. The summed E-state index contributed by atoms with van der Waals surface area (Å²) in [6.07, 6.45) is 3.38. The molecule has 1 aromatic carbocycles. The SMILES string of the molecule is CC1COCC(/C=C/c2cc(F)ccc2F)N1. The molecule has 0 saturated carbocycles. The third-order valence-corrected chi connectivity index (χ3v) is 2.63. The van der Waals surface area contributed by atoms with Crippen molar-refractivity contribution in [3.63, 3.8) is 0 Å². The first-order chi connectivity index (χ1) is 8.15. The Morgan fingerprint density at radius 3 is 2.94 bits per heavy atom. The number of rotatable bonds is 2. The highest BCUT2D eigenvalue weighted by molar-refractivity contribution is 5.50. The van der Waals surface area contributed by atoms with Gasteiger partial charge >= 0.3 is 0 Å². The summed E-state index contributed by atoms with van der Waals surface area (Å²) in [4.78, 5) is 0. The molecule has 1 saturated heterocycles. The van der Waals surface area contributed by atoms with Crippen molar-refractivity contribution in [3.8, 4) is 0 Å². The zero-order valence-electron chi connectivity index (χ0n) is 9.62. The first-order valence-electron chi connectivity index (χ1n) is 5.62. The topological polar surface area (TPSA) is 21.3 Å². The van der Waals surface area contributed by atoms with E-state index in [2.05, 4.69) is 5.32 Å². The van der Waals surface area contributed by atoms with Gasteiger partial charge in [0.2, 0.25) is 0 Å². The fourth-order valence-corrected chi connectivity index (χ4v) is 1.81. The van der Waals surface area contributed by atoms with Crippen LogP contribution in [0.2, 0.25) is 0 Å². The van der Waals surface area contributed by atoms with Gasteiger partial charge in [0.1, 0.15) is 11.6 Å². The van der Waals surface area contributed by atoms with E-state index >= 15 is 0 Å². The minimum Gasteiger partial charge on any atom is -0.378 e. The van der Waals surface area contributed by atoms with E-state index in [-0.39, 0.29) is 17.6 Å². The normalized spacial score (nSPS) is 25.4. The van der Waals surface area contributed by atoms with Crippen LogP contribution >= 0.6 is 0 Å². The van der Waals surface area contributed by atoms with Crippen molar-refractivity contribution in [3.05, 3.63) is 41.5 Å². The van der Waals surface area contributed by atoms with Crippen molar-refractivity contribution in [2.75, 3.05) is 13.2 Å². The molecule has 4 heteroatoms. The zero-order valence-corrected chi connectivity index (χ0v) is 9.62. The van der Waals surface area contributed by atoms with Crippen molar-refractivity contribution in [1.82, 2.24) is 5.32 Å². The molecule has 1 aromatic rings. The van der Waals surface area contributed by atoms with Crippen molar-refractivity contribution < 1.29 is 13.5 Å². The summed E-state index contributed by atoms with van der Waals surface area (Å²) in [6.45, 7) is 3.25. The van der Waals surface area contributed by atoms with E-state index in [0.29, 0.717) is 13.2 Å². The quantitative estimate of drug-likeness (QED) is 0.855. The summed E-state index contributed by atoms with van der Waals surface area (Å²) in [7, 11) is 0. The van der Waals surface area contributed by atoms with Gasteiger partial charge in [0.25, 0.3) is 0 Å². The fraction of sp³-hybridized carbons (Fsp3) is 0.385. The molecule has 92 valence electrons. The number of halogens is 2. The molecule has 0 spiro atoms. The minimum absolute atomic E-state index is 0.0430. The molecule has 0 bridgehead atoms. The highest BCUT2D eigenvalue weighted by atomic mass is 19.1. The number of benzene rings is 1. The molecule has 0 aromatic heterocycles. The predicted molar refractivity (Wildman–Crippen MR) is 62.6 cm³/mol. The Hall–Kier alpha value is -1.26. The van der Waals surface area contributed by atoms with Gasteiger partial charge in [-0.3, -0.25) is 0 Å². The van der Waals surface area contributed by atoms with Crippen LogP contribution in [0.15, 0.2) is 24.3 Å². The molecule has 0 amide bonds. The van der Waals surface area contributed by atoms with E-state index < -0.39 is 11.6 Å².